The standard InChI is InChI=1S/C23H31FN4O2/c1-28-20-10-9-18(26-15-23(30)11-3-2-4-12-23)13-19(20)21(27-28)22(29)25-14-16-5-7-17(24)8-6-16/h5-8,18,26,30H,2-4,9-15H2,1H3,(H,25,29). The van der Waals surface area contributed by atoms with Crippen LogP contribution in [0.2, 0.25) is 0 Å². The molecule has 2 aliphatic rings. The number of hydrogen-bond donors (Lipinski definition) is 3. The number of benzene rings is 1. The summed E-state index contributed by atoms with van der Waals surface area (Å²) < 4.78 is 14.9. The molecule has 0 radical (unpaired) electrons. The van der Waals surface area contributed by atoms with Crippen LogP contribution in [-0.2, 0) is 26.4 Å². The Morgan fingerprint density at radius 2 is 2.00 bits per heavy atom. The van der Waals surface area contributed by atoms with Crippen molar-refractivity contribution in [2.24, 2.45) is 7.05 Å². The monoisotopic (exact) mass is 414 g/mol. The Labute approximate surface area is 176 Å². The highest BCUT2D eigenvalue weighted by Crippen LogP contribution is 2.29. The number of amides is 1. The quantitative estimate of drug-likeness (QED) is 0.679. The van der Waals surface area contributed by atoms with Crippen LogP contribution in [0.5, 0.6) is 0 Å². The summed E-state index contributed by atoms with van der Waals surface area (Å²) in [6.45, 7) is 0.943. The fourth-order valence-corrected chi connectivity index (χ4v) is 4.74. The third-order valence-electron chi connectivity index (χ3n) is 6.54. The number of aromatic nitrogens is 2. The maximum atomic E-state index is 13.1. The first-order chi connectivity index (χ1) is 14.4. The van der Waals surface area contributed by atoms with E-state index in [1.807, 2.05) is 11.7 Å². The van der Waals surface area contributed by atoms with Crippen molar-refractivity contribution in [2.75, 3.05) is 6.54 Å². The molecule has 0 spiro atoms. The zero-order valence-corrected chi connectivity index (χ0v) is 17.6. The molecule has 30 heavy (non-hydrogen) atoms. The molecule has 1 aromatic heterocycles. The largest absolute Gasteiger partial charge is 0.389 e. The number of carbonyl (C=O) groups is 1. The van der Waals surface area contributed by atoms with E-state index in [0.29, 0.717) is 18.8 Å². The average Bonchev–Trinajstić information content (AvgIpc) is 3.08. The van der Waals surface area contributed by atoms with Crippen LogP contribution in [0, 0.1) is 5.82 Å². The van der Waals surface area contributed by atoms with E-state index in [1.165, 1.54) is 18.6 Å². The van der Waals surface area contributed by atoms with Crippen LogP contribution in [-0.4, -0.2) is 39.0 Å². The van der Waals surface area contributed by atoms with Crippen molar-refractivity contribution in [3.63, 3.8) is 0 Å². The Morgan fingerprint density at radius 3 is 2.73 bits per heavy atom. The molecule has 1 amide bonds. The smallest absolute Gasteiger partial charge is 0.272 e. The minimum Gasteiger partial charge on any atom is -0.389 e. The van der Waals surface area contributed by atoms with Gasteiger partial charge in [-0.3, -0.25) is 9.48 Å². The van der Waals surface area contributed by atoms with Gasteiger partial charge in [0.25, 0.3) is 5.91 Å². The van der Waals surface area contributed by atoms with E-state index in [2.05, 4.69) is 15.7 Å². The van der Waals surface area contributed by atoms with Gasteiger partial charge in [0.2, 0.25) is 0 Å². The maximum Gasteiger partial charge on any atom is 0.272 e. The molecule has 4 rings (SSSR count). The molecule has 2 aromatic rings. The van der Waals surface area contributed by atoms with Crippen molar-refractivity contribution < 1.29 is 14.3 Å². The van der Waals surface area contributed by atoms with E-state index in [9.17, 15) is 14.3 Å². The van der Waals surface area contributed by atoms with Gasteiger partial charge >= 0.3 is 0 Å². The van der Waals surface area contributed by atoms with Crippen LogP contribution in [0.3, 0.4) is 0 Å². The molecule has 1 aromatic carbocycles. The van der Waals surface area contributed by atoms with E-state index in [-0.39, 0.29) is 17.8 Å². The molecule has 2 aliphatic carbocycles. The van der Waals surface area contributed by atoms with Crippen LogP contribution in [0.15, 0.2) is 24.3 Å². The third-order valence-corrected chi connectivity index (χ3v) is 6.54. The van der Waals surface area contributed by atoms with Crippen LogP contribution in [0.1, 0.15) is 65.8 Å². The second kappa shape index (κ2) is 8.86. The molecule has 1 fully saturated rings. The first-order valence-electron chi connectivity index (χ1n) is 11.0. The molecule has 0 saturated heterocycles. The summed E-state index contributed by atoms with van der Waals surface area (Å²) in [4.78, 5) is 12.8. The lowest BCUT2D eigenvalue weighted by Gasteiger charge is -2.34. The molecular formula is C23H31FN4O2. The maximum absolute atomic E-state index is 13.1. The second-order valence-electron chi connectivity index (χ2n) is 8.81. The van der Waals surface area contributed by atoms with Gasteiger partial charge < -0.3 is 15.7 Å². The number of nitrogens with one attached hydrogen (secondary N) is 2. The van der Waals surface area contributed by atoms with Crippen LogP contribution in [0.25, 0.3) is 0 Å². The number of nitrogens with zero attached hydrogens (tertiary/aromatic N) is 2. The van der Waals surface area contributed by atoms with Gasteiger partial charge in [0.15, 0.2) is 5.69 Å². The molecule has 1 atom stereocenters. The van der Waals surface area contributed by atoms with Crippen molar-refractivity contribution in [1.29, 1.82) is 0 Å². The van der Waals surface area contributed by atoms with Crippen molar-refractivity contribution in [3.05, 3.63) is 52.6 Å². The molecule has 6 nitrogen and oxygen atoms in total. The molecule has 1 unspecified atom stereocenters. The van der Waals surface area contributed by atoms with Crippen molar-refractivity contribution in [1.82, 2.24) is 20.4 Å². The normalized spacial score (nSPS) is 20.6. The molecule has 1 saturated carbocycles. The summed E-state index contributed by atoms with van der Waals surface area (Å²) in [6.07, 6.45) is 7.69. The summed E-state index contributed by atoms with van der Waals surface area (Å²) in [7, 11) is 1.88. The van der Waals surface area contributed by atoms with Gasteiger partial charge in [-0.2, -0.15) is 5.10 Å². The van der Waals surface area contributed by atoms with E-state index in [0.717, 1.165) is 61.8 Å². The Balaban J connectivity index is 1.39. The lowest BCUT2D eigenvalue weighted by atomic mass is 9.84. The number of rotatable bonds is 6. The predicted molar refractivity (Wildman–Crippen MR) is 113 cm³/mol. The van der Waals surface area contributed by atoms with Crippen LogP contribution >= 0.6 is 0 Å². The van der Waals surface area contributed by atoms with Gasteiger partial charge in [0.05, 0.1) is 5.60 Å². The van der Waals surface area contributed by atoms with Gasteiger partial charge in [-0.1, -0.05) is 31.4 Å². The molecule has 0 aliphatic heterocycles. The SMILES string of the molecule is Cn1nc(C(=O)NCc2ccc(F)cc2)c2c1CCC(NCC1(O)CCCCC1)C2. The Kier molecular flexibility index (Phi) is 6.20. The van der Waals surface area contributed by atoms with Gasteiger partial charge in [0.1, 0.15) is 5.82 Å². The lowest BCUT2D eigenvalue weighted by Crippen LogP contribution is -2.47. The van der Waals surface area contributed by atoms with Gasteiger partial charge in [-0.05, 0) is 49.8 Å². The fraction of sp³-hybridized carbons (Fsp3) is 0.565. The first kappa shape index (κ1) is 21.0. The van der Waals surface area contributed by atoms with Crippen molar-refractivity contribution in [2.45, 2.75) is 69.6 Å². The Morgan fingerprint density at radius 1 is 1.27 bits per heavy atom. The second-order valence-corrected chi connectivity index (χ2v) is 8.81. The van der Waals surface area contributed by atoms with E-state index >= 15 is 0 Å². The summed E-state index contributed by atoms with van der Waals surface area (Å²) in [5, 5.41) is 21.7. The minimum atomic E-state index is -0.594. The van der Waals surface area contributed by atoms with Gasteiger partial charge in [-0.15, -0.1) is 0 Å². The zero-order chi connectivity index (χ0) is 21.1. The molecule has 162 valence electrons. The predicted octanol–water partition coefficient (Wildman–Crippen LogP) is 2.63. The lowest BCUT2D eigenvalue weighted by molar-refractivity contribution is 0.00228. The highest BCUT2D eigenvalue weighted by Gasteiger charge is 2.32. The summed E-state index contributed by atoms with van der Waals surface area (Å²) in [6, 6.07) is 6.34. The molecular weight excluding hydrogens is 383 g/mol. The Hall–Kier alpha value is -2.25. The molecule has 0 bridgehead atoms. The number of fused-ring (bicyclic) bond motifs is 1. The number of aryl methyl sites for hydroxylation is 1. The Bertz CT molecular complexity index is 887. The van der Waals surface area contributed by atoms with Crippen LogP contribution < -0.4 is 10.6 Å². The summed E-state index contributed by atoms with van der Waals surface area (Å²) in [5.41, 5.74) is 2.82. The number of carbonyl (C=O) groups excluding carboxylic acids is 1. The van der Waals surface area contributed by atoms with Crippen molar-refractivity contribution >= 4 is 5.91 Å². The number of hydrogen-bond acceptors (Lipinski definition) is 4. The molecule has 7 heteroatoms. The molecule has 3 N–H and O–H groups in total. The highest BCUT2D eigenvalue weighted by molar-refractivity contribution is 5.94. The summed E-state index contributed by atoms with van der Waals surface area (Å²) >= 11 is 0. The number of halogens is 1. The van der Waals surface area contributed by atoms with Gasteiger partial charge in [-0.25, -0.2) is 4.39 Å². The average molecular weight is 415 g/mol. The topological polar surface area (TPSA) is 79.2 Å². The first-order valence-corrected chi connectivity index (χ1v) is 11.0. The fourth-order valence-electron chi connectivity index (χ4n) is 4.74. The van der Waals surface area contributed by atoms with Gasteiger partial charge in [0, 0.05) is 37.4 Å². The minimum absolute atomic E-state index is 0.206. The number of aliphatic hydroxyl groups is 1. The third kappa shape index (κ3) is 4.73. The van der Waals surface area contributed by atoms with E-state index in [4.69, 9.17) is 0 Å². The van der Waals surface area contributed by atoms with Crippen molar-refractivity contribution in [3.8, 4) is 0 Å². The summed E-state index contributed by atoms with van der Waals surface area (Å²) in [5.74, 6) is -0.497. The van der Waals surface area contributed by atoms with Crippen LogP contribution in [0.4, 0.5) is 4.39 Å². The zero-order valence-electron chi connectivity index (χ0n) is 17.6. The van der Waals surface area contributed by atoms with E-state index < -0.39 is 5.60 Å². The molecule has 1 heterocycles. The highest BCUT2D eigenvalue weighted by atomic mass is 19.1. The van der Waals surface area contributed by atoms with E-state index in [1.54, 1.807) is 12.1 Å².